The van der Waals surface area contributed by atoms with Gasteiger partial charge in [0.1, 0.15) is 5.75 Å². The van der Waals surface area contributed by atoms with Gasteiger partial charge in [0.25, 0.3) is 11.6 Å². The number of carbonyl (C=O) groups excluding carboxylic acids is 1. The van der Waals surface area contributed by atoms with Crippen molar-refractivity contribution in [3.8, 4) is 11.4 Å². The van der Waals surface area contributed by atoms with Gasteiger partial charge >= 0.3 is 6.18 Å². The highest BCUT2D eigenvalue weighted by Gasteiger charge is 2.30. The quantitative estimate of drug-likeness (QED) is 0.159. The highest BCUT2D eigenvalue weighted by molar-refractivity contribution is 7.98. The van der Waals surface area contributed by atoms with Crippen LogP contribution in [0.5, 0.6) is 5.75 Å². The van der Waals surface area contributed by atoms with Gasteiger partial charge in [-0.3, -0.25) is 19.5 Å². The Morgan fingerprint density at radius 1 is 1.08 bits per heavy atom. The normalized spacial score (nSPS) is 11.3. The van der Waals surface area contributed by atoms with Gasteiger partial charge in [0.2, 0.25) is 0 Å². The highest BCUT2D eigenvalue weighted by atomic mass is 32.2. The van der Waals surface area contributed by atoms with Crippen molar-refractivity contribution >= 4 is 23.4 Å². The average molecular weight is 558 g/mol. The summed E-state index contributed by atoms with van der Waals surface area (Å²) in [5.74, 6) is 0.649. The van der Waals surface area contributed by atoms with Crippen molar-refractivity contribution in [2.75, 3.05) is 7.11 Å². The molecule has 0 bridgehead atoms. The maximum atomic E-state index is 12.9. The molecule has 1 N–H and O–H groups in total. The topological polar surface area (TPSA) is 112 Å². The van der Waals surface area contributed by atoms with Gasteiger partial charge in [-0.15, -0.1) is 10.2 Å². The van der Waals surface area contributed by atoms with Crippen molar-refractivity contribution in [3.05, 3.63) is 105 Å². The van der Waals surface area contributed by atoms with Crippen LogP contribution in [0.3, 0.4) is 0 Å². The summed E-state index contributed by atoms with van der Waals surface area (Å²) in [5, 5.41) is 22.9. The van der Waals surface area contributed by atoms with Gasteiger partial charge in [0.15, 0.2) is 11.0 Å². The van der Waals surface area contributed by atoms with Gasteiger partial charge in [-0.1, -0.05) is 42.1 Å². The molecule has 4 aromatic rings. The number of benzene rings is 3. The largest absolute Gasteiger partial charge is 0.495 e. The molecule has 3 aromatic carbocycles. The Balaban J connectivity index is 1.60. The molecule has 0 aliphatic carbocycles. The van der Waals surface area contributed by atoms with E-state index in [2.05, 4.69) is 15.5 Å². The lowest BCUT2D eigenvalue weighted by Gasteiger charge is -2.14. The number of nitro benzene ring substituents is 1. The van der Waals surface area contributed by atoms with Crippen LogP contribution in [-0.4, -0.2) is 32.7 Å². The van der Waals surface area contributed by atoms with E-state index in [0.717, 1.165) is 12.1 Å². The molecule has 202 valence electrons. The summed E-state index contributed by atoms with van der Waals surface area (Å²) in [7, 11) is 1.50. The Morgan fingerprint density at radius 3 is 2.46 bits per heavy atom. The third-order valence-electron chi connectivity index (χ3n) is 5.83. The molecule has 0 saturated heterocycles. The lowest BCUT2D eigenvalue weighted by Crippen LogP contribution is -2.25. The first-order chi connectivity index (χ1) is 18.6. The Bertz CT molecular complexity index is 1510. The fourth-order valence-electron chi connectivity index (χ4n) is 3.82. The number of nitro groups is 1. The van der Waals surface area contributed by atoms with Crippen LogP contribution in [-0.2, 0) is 18.5 Å². The van der Waals surface area contributed by atoms with Crippen LogP contribution >= 0.6 is 11.8 Å². The van der Waals surface area contributed by atoms with Crippen molar-refractivity contribution in [2.45, 2.75) is 30.6 Å². The molecule has 13 heteroatoms. The number of carbonyl (C=O) groups is 1. The summed E-state index contributed by atoms with van der Waals surface area (Å²) >= 11 is 1.25. The number of hydrogen-bond donors (Lipinski definition) is 1. The van der Waals surface area contributed by atoms with Gasteiger partial charge in [-0.2, -0.15) is 13.2 Å². The number of alkyl halides is 3. The Labute approximate surface area is 225 Å². The van der Waals surface area contributed by atoms with E-state index in [9.17, 15) is 28.1 Å². The first kappa shape index (κ1) is 27.6. The van der Waals surface area contributed by atoms with Gasteiger partial charge < -0.3 is 10.1 Å². The first-order valence-electron chi connectivity index (χ1n) is 11.5. The Kier molecular flexibility index (Phi) is 8.19. The molecule has 1 heterocycles. The lowest BCUT2D eigenvalue weighted by molar-refractivity contribution is -0.385. The molecule has 0 aliphatic rings. The van der Waals surface area contributed by atoms with E-state index in [1.165, 1.54) is 56.1 Å². The van der Waals surface area contributed by atoms with Crippen molar-refractivity contribution in [1.29, 1.82) is 0 Å². The van der Waals surface area contributed by atoms with Crippen LogP contribution in [0.25, 0.3) is 5.69 Å². The second kappa shape index (κ2) is 11.6. The van der Waals surface area contributed by atoms with Crippen molar-refractivity contribution in [3.63, 3.8) is 0 Å². The van der Waals surface area contributed by atoms with E-state index in [0.29, 0.717) is 33.7 Å². The van der Waals surface area contributed by atoms with Crippen LogP contribution in [0.2, 0.25) is 0 Å². The molecule has 0 spiro atoms. The van der Waals surface area contributed by atoms with Crippen molar-refractivity contribution < 1.29 is 27.6 Å². The molecule has 1 amide bonds. The number of para-hydroxylation sites is 2. The molecule has 9 nitrogen and oxygen atoms in total. The van der Waals surface area contributed by atoms with Crippen molar-refractivity contribution in [1.82, 2.24) is 20.1 Å². The summed E-state index contributed by atoms with van der Waals surface area (Å²) in [6.07, 6.45) is -4.42. The van der Waals surface area contributed by atoms with Crippen LogP contribution in [0, 0.1) is 17.0 Å². The fraction of sp³-hybridized carbons (Fsp3) is 0.192. The average Bonchev–Trinajstić information content (AvgIpc) is 3.32. The maximum Gasteiger partial charge on any atom is 0.416 e. The Morgan fingerprint density at radius 2 is 1.79 bits per heavy atom. The van der Waals surface area contributed by atoms with Crippen LogP contribution < -0.4 is 10.1 Å². The second-order valence-corrected chi connectivity index (χ2v) is 9.22. The van der Waals surface area contributed by atoms with E-state index in [1.54, 1.807) is 28.8 Å². The molecule has 0 saturated carbocycles. The van der Waals surface area contributed by atoms with E-state index in [-0.39, 0.29) is 23.4 Å². The van der Waals surface area contributed by atoms with Crippen LogP contribution in [0.15, 0.2) is 71.9 Å². The number of rotatable bonds is 9. The SMILES string of the molecule is COc1ccccc1-n1c(CNC(=O)c2cccc([N+](=O)[O-])c2C)nnc1SCc1ccc(C(F)(F)F)cc1. The summed E-state index contributed by atoms with van der Waals surface area (Å²) in [6, 6.07) is 16.2. The number of hydrogen-bond acceptors (Lipinski definition) is 7. The Hall–Kier alpha value is -4.39. The predicted octanol–water partition coefficient (Wildman–Crippen LogP) is 5.73. The number of amides is 1. The number of ether oxygens (including phenoxy) is 1. The molecule has 0 radical (unpaired) electrons. The predicted molar refractivity (Wildman–Crippen MR) is 138 cm³/mol. The number of nitrogens with zero attached hydrogens (tertiary/aromatic N) is 4. The molecule has 1 aromatic heterocycles. The zero-order chi connectivity index (χ0) is 28.2. The molecular formula is C26H22F3N5O4S. The zero-order valence-corrected chi connectivity index (χ0v) is 21.5. The molecule has 0 aliphatic heterocycles. The number of aromatic nitrogens is 3. The minimum absolute atomic E-state index is 0.0626. The third-order valence-corrected chi connectivity index (χ3v) is 6.83. The summed E-state index contributed by atoms with van der Waals surface area (Å²) < 4.78 is 45.9. The molecule has 39 heavy (non-hydrogen) atoms. The molecule has 4 rings (SSSR count). The lowest BCUT2D eigenvalue weighted by atomic mass is 10.1. The molecule has 0 fully saturated rings. The van der Waals surface area contributed by atoms with Crippen LogP contribution in [0.4, 0.5) is 18.9 Å². The zero-order valence-electron chi connectivity index (χ0n) is 20.7. The maximum absolute atomic E-state index is 12.9. The van der Waals surface area contributed by atoms with Gasteiger partial charge in [-0.05, 0) is 42.8 Å². The number of methoxy groups -OCH3 is 1. The summed E-state index contributed by atoms with van der Waals surface area (Å²) in [5.41, 5.74) is 0.741. The van der Waals surface area contributed by atoms with E-state index < -0.39 is 22.6 Å². The number of thioether (sulfide) groups is 1. The number of halogens is 3. The summed E-state index contributed by atoms with van der Waals surface area (Å²) in [4.78, 5) is 23.6. The highest BCUT2D eigenvalue weighted by Crippen LogP contribution is 2.32. The van der Waals surface area contributed by atoms with Gasteiger partial charge in [0.05, 0.1) is 29.8 Å². The monoisotopic (exact) mass is 557 g/mol. The molecule has 0 atom stereocenters. The van der Waals surface area contributed by atoms with Crippen LogP contribution in [0.1, 0.15) is 32.9 Å². The van der Waals surface area contributed by atoms with Gasteiger partial charge in [-0.25, -0.2) is 0 Å². The fourth-order valence-corrected chi connectivity index (χ4v) is 4.74. The van der Waals surface area contributed by atoms with Crippen molar-refractivity contribution in [2.24, 2.45) is 0 Å². The molecular weight excluding hydrogens is 535 g/mol. The second-order valence-electron chi connectivity index (χ2n) is 8.28. The first-order valence-corrected chi connectivity index (χ1v) is 12.5. The minimum atomic E-state index is -4.42. The summed E-state index contributed by atoms with van der Waals surface area (Å²) in [6.45, 7) is 1.44. The van der Waals surface area contributed by atoms with E-state index in [1.807, 2.05) is 0 Å². The molecule has 0 unspecified atom stereocenters. The van der Waals surface area contributed by atoms with E-state index >= 15 is 0 Å². The standard InChI is InChI=1S/C26H22F3N5O4S/c1-16-19(6-5-8-20(16)34(36)37)24(35)30-14-23-31-32-25(33(23)21-7-3-4-9-22(21)38-2)39-15-17-10-12-18(13-11-17)26(27,28)29/h3-13H,14-15H2,1-2H3,(H,30,35). The van der Waals surface area contributed by atoms with Gasteiger partial charge in [0, 0.05) is 22.9 Å². The minimum Gasteiger partial charge on any atom is -0.495 e. The smallest absolute Gasteiger partial charge is 0.416 e. The van der Waals surface area contributed by atoms with E-state index in [4.69, 9.17) is 4.74 Å². The number of nitrogens with one attached hydrogen (secondary N) is 1. The third kappa shape index (κ3) is 6.20.